The van der Waals surface area contributed by atoms with E-state index in [1.807, 2.05) is 6.92 Å². The molecule has 2 saturated heterocycles. The van der Waals surface area contributed by atoms with Crippen LogP contribution in [-0.2, 0) is 6.54 Å². The summed E-state index contributed by atoms with van der Waals surface area (Å²) in [6, 6.07) is 2.06. The fourth-order valence-electron chi connectivity index (χ4n) is 3.55. The Morgan fingerprint density at radius 3 is 3.06 bits per heavy atom. The van der Waals surface area contributed by atoms with Gasteiger partial charge < -0.3 is 9.84 Å². The van der Waals surface area contributed by atoms with Crippen LogP contribution in [0.25, 0.3) is 0 Å². The van der Waals surface area contributed by atoms with Crippen molar-refractivity contribution in [3.63, 3.8) is 0 Å². The average molecular weight is 249 g/mol. The molecule has 0 saturated carbocycles. The molecular weight excluding hydrogens is 226 g/mol. The molecule has 1 aromatic rings. The molecule has 0 amide bonds. The number of hydrogen-bond donors (Lipinski definition) is 1. The molecule has 1 atom stereocenters. The molecule has 0 radical (unpaired) electrons. The first-order valence-electron chi connectivity index (χ1n) is 7.11. The minimum Gasteiger partial charge on any atom is -0.361 e. The van der Waals surface area contributed by atoms with Crippen LogP contribution in [0, 0.1) is 12.3 Å². The van der Waals surface area contributed by atoms with Gasteiger partial charge in [-0.05, 0) is 51.1 Å². The molecule has 0 bridgehead atoms. The summed E-state index contributed by atoms with van der Waals surface area (Å²) >= 11 is 0. The SMILES string of the molecule is Cc1cc(CN2CCCC3(CCCNC3)C2)no1. The fraction of sp³-hybridized carbons (Fsp3) is 0.786. The minimum absolute atomic E-state index is 0.523. The maximum atomic E-state index is 5.15. The Morgan fingerprint density at radius 1 is 1.44 bits per heavy atom. The first kappa shape index (κ1) is 12.2. The number of piperidine rings is 2. The first-order valence-corrected chi connectivity index (χ1v) is 7.11. The second-order valence-electron chi connectivity index (χ2n) is 6.02. The number of aryl methyl sites for hydroxylation is 1. The Bertz CT molecular complexity index is 390. The van der Waals surface area contributed by atoms with Crippen LogP contribution >= 0.6 is 0 Å². The molecule has 100 valence electrons. The zero-order valence-corrected chi connectivity index (χ0v) is 11.2. The molecule has 1 unspecified atom stereocenters. The van der Waals surface area contributed by atoms with Gasteiger partial charge >= 0.3 is 0 Å². The Hall–Kier alpha value is -0.870. The van der Waals surface area contributed by atoms with Gasteiger partial charge in [0.15, 0.2) is 0 Å². The van der Waals surface area contributed by atoms with E-state index in [2.05, 4.69) is 21.4 Å². The van der Waals surface area contributed by atoms with Crippen LogP contribution in [0.2, 0.25) is 0 Å². The van der Waals surface area contributed by atoms with Crippen molar-refractivity contribution < 1.29 is 4.52 Å². The highest BCUT2D eigenvalue weighted by Crippen LogP contribution is 2.36. The molecule has 4 nitrogen and oxygen atoms in total. The summed E-state index contributed by atoms with van der Waals surface area (Å²) in [6.07, 6.45) is 5.41. The Morgan fingerprint density at radius 2 is 2.33 bits per heavy atom. The Labute approximate surface area is 109 Å². The summed E-state index contributed by atoms with van der Waals surface area (Å²) in [5.41, 5.74) is 1.60. The van der Waals surface area contributed by atoms with Crippen LogP contribution in [0.15, 0.2) is 10.6 Å². The third kappa shape index (κ3) is 2.59. The molecule has 0 aliphatic carbocycles. The lowest BCUT2D eigenvalue weighted by atomic mass is 9.74. The maximum absolute atomic E-state index is 5.15. The van der Waals surface area contributed by atoms with Gasteiger partial charge in [0.25, 0.3) is 0 Å². The third-order valence-corrected chi connectivity index (χ3v) is 4.36. The van der Waals surface area contributed by atoms with Crippen LogP contribution in [-0.4, -0.2) is 36.2 Å². The Balaban J connectivity index is 1.63. The predicted molar refractivity (Wildman–Crippen MR) is 70.3 cm³/mol. The molecule has 1 spiro atoms. The minimum atomic E-state index is 0.523. The maximum Gasteiger partial charge on any atom is 0.133 e. The lowest BCUT2D eigenvalue weighted by Crippen LogP contribution is -2.50. The number of aromatic nitrogens is 1. The van der Waals surface area contributed by atoms with Crippen molar-refractivity contribution in [1.29, 1.82) is 0 Å². The van der Waals surface area contributed by atoms with Gasteiger partial charge in [0.05, 0.1) is 5.69 Å². The van der Waals surface area contributed by atoms with Crippen molar-refractivity contribution in [3.05, 3.63) is 17.5 Å². The van der Waals surface area contributed by atoms with Gasteiger partial charge in [0.1, 0.15) is 5.76 Å². The molecule has 18 heavy (non-hydrogen) atoms. The molecule has 4 heteroatoms. The molecule has 2 fully saturated rings. The first-order chi connectivity index (χ1) is 8.76. The quantitative estimate of drug-likeness (QED) is 0.870. The molecule has 3 rings (SSSR count). The predicted octanol–water partition coefficient (Wildman–Crippen LogP) is 1.95. The highest BCUT2D eigenvalue weighted by molar-refractivity contribution is 5.04. The highest BCUT2D eigenvalue weighted by Gasteiger charge is 2.36. The van der Waals surface area contributed by atoms with Gasteiger partial charge in [-0.2, -0.15) is 0 Å². The zero-order chi connectivity index (χ0) is 12.4. The molecule has 2 aliphatic heterocycles. The van der Waals surface area contributed by atoms with E-state index in [-0.39, 0.29) is 0 Å². The summed E-state index contributed by atoms with van der Waals surface area (Å²) in [5, 5.41) is 7.68. The van der Waals surface area contributed by atoms with E-state index < -0.39 is 0 Å². The van der Waals surface area contributed by atoms with E-state index >= 15 is 0 Å². The normalized spacial score (nSPS) is 29.8. The number of nitrogens with one attached hydrogen (secondary N) is 1. The van der Waals surface area contributed by atoms with Gasteiger partial charge in [-0.15, -0.1) is 0 Å². The van der Waals surface area contributed by atoms with E-state index in [4.69, 9.17) is 4.52 Å². The smallest absolute Gasteiger partial charge is 0.133 e. The van der Waals surface area contributed by atoms with Crippen LogP contribution in [0.5, 0.6) is 0 Å². The standard InChI is InChI=1S/C14H23N3O/c1-12-8-13(16-18-12)9-17-7-3-5-14(11-17)4-2-6-15-10-14/h8,15H,2-7,9-11H2,1H3. The molecule has 1 aromatic heterocycles. The van der Waals surface area contributed by atoms with E-state index in [1.165, 1.54) is 51.9 Å². The monoisotopic (exact) mass is 249 g/mol. The van der Waals surface area contributed by atoms with Crippen molar-refractivity contribution in [1.82, 2.24) is 15.4 Å². The molecule has 3 heterocycles. The van der Waals surface area contributed by atoms with E-state index in [1.54, 1.807) is 0 Å². The van der Waals surface area contributed by atoms with Crippen molar-refractivity contribution in [3.8, 4) is 0 Å². The summed E-state index contributed by atoms with van der Waals surface area (Å²) < 4.78 is 5.15. The van der Waals surface area contributed by atoms with Gasteiger partial charge in [-0.3, -0.25) is 4.90 Å². The summed E-state index contributed by atoms with van der Waals surface area (Å²) in [6.45, 7) is 7.71. The Kier molecular flexibility index (Phi) is 3.39. The molecule has 2 aliphatic rings. The number of nitrogens with zero attached hydrogens (tertiary/aromatic N) is 2. The highest BCUT2D eigenvalue weighted by atomic mass is 16.5. The van der Waals surface area contributed by atoms with Crippen LogP contribution in [0.4, 0.5) is 0 Å². The van der Waals surface area contributed by atoms with Gasteiger partial charge in [-0.1, -0.05) is 5.16 Å². The van der Waals surface area contributed by atoms with Crippen LogP contribution in [0.1, 0.15) is 37.1 Å². The summed E-state index contributed by atoms with van der Waals surface area (Å²) in [5.74, 6) is 0.913. The number of hydrogen-bond acceptors (Lipinski definition) is 4. The third-order valence-electron chi connectivity index (χ3n) is 4.36. The number of rotatable bonds is 2. The summed E-state index contributed by atoms with van der Waals surface area (Å²) in [7, 11) is 0. The lowest BCUT2D eigenvalue weighted by molar-refractivity contribution is 0.0587. The summed E-state index contributed by atoms with van der Waals surface area (Å²) in [4.78, 5) is 2.55. The van der Waals surface area contributed by atoms with Gasteiger partial charge in [0, 0.05) is 25.7 Å². The largest absolute Gasteiger partial charge is 0.361 e. The van der Waals surface area contributed by atoms with Crippen LogP contribution in [0.3, 0.4) is 0 Å². The van der Waals surface area contributed by atoms with E-state index in [0.29, 0.717) is 5.41 Å². The second-order valence-corrected chi connectivity index (χ2v) is 6.02. The molecular formula is C14H23N3O. The van der Waals surface area contributed by atoms with Gasteiger partial charge in [0.2, 0.25) is 0 Å². The van der Waals surface area contributed by atoms with Crippen molar-refractivity contribution >= 4 is 0 Å². The van der Waals surface area contributed by atoms with Crippen molar-refractivity contribution in [2.24, 2.45) is 5.41 Å². The average Bonchev–Trinajstić information content (AvgIpc) is 2.76. The second kappa shape index (κ2) is 5.02. The topological polar surface area (TPSA) is 41.3 Å². The van der Waals surface area contributed by atoms with Crippen molar-refractivity contribution in [2.45, 2.75) is 39.2 Å². The number of likely N-dealkylation sites (tertiary alicyclic amines) is 1. The van der Waals surface area contributed by atoms with Crippen molar-refractivity contribution in [2.75, 3.05) is 26.2 Å². The fourth-order valence-corrected chi connectivity index (χ4v) is 3.55. The lowest BCUT2D eigenvalue weighted by Gasteiger charge is -2.45. The van der Waals surface area contributed by atoms with Gasteiger partial charge in [-0.25, -0.2) is 0 Å². The van der Waals surface area contributed by atoms with E-state index in [9.17, 15) is 0 Å². The van der Waals surface area contributed by atoms with Crippen LogP contribution < -0.4 is 5.32 Å². The van der Waals surface area contributed by atoms with E-state index in [0.717, 1.165) is 18.0 Å². The zero-order valence-electron chi connectivity index (χ0n) is 11.2. The molecule has 1 N–H and O–H groups in total. The molecule has 0 aromatic carbocycles.